The van der Waals surface area contributed by atoms with E-state index in [2.05, 4.69) is 45.1 Å². The molecule has 2 atom stereocenters. The number of pyridine rings is 2. The Morgan fingerprint density at radius 2 is 1.59 bits per heavy atom. The van der Waals surface area contributed by atoms with Crippen molar-refractivity contribution in [2.45, 2.75) is 81.9 Å². The summed E-state index contributed by atoms with van der Waals surface area (Å²) in [6, 6.07) is 15.7. The molecule has 318 valence electrons. The standard InChI is InChI=1S/C45H45F3N6O7/c1-52-36-14-15-49-23-35(36)32-9-6-26(18-38(32)52)27-7-13-40(50-22-27)61-31-20-30(21-31)59-16-4-2-3-5-17-60-41(45(46,47)48)28-24-53(25-28)29-8-10-33-34(19-29)44(58)54(43(33)57)37-11-12-39(55)51-42(37)56/h6-10,13-15,18-19,22-23,28,30-31,37,41H,2-5,11-12,16-17,20-21,24-25H2,1H3,(H,51,55,56)/t30-,31-,37?,41?. The lowest BCUT2D eigenvalue weighted by atomic mass is 9.91. The SMILES string of the molecule is Cn1c2ccncc2c2ccc(-c3ccc(O[C@H]4C[C@H](OCCCCCCOC(C5CN(c6ccc7c(c6)C(=O)N(C6CCC(=O)NC6=O)C7=O)C5)C(F)(F)F)C4)nc3)cc21. The molecule has 6 heterocycles. The Morgan fingerprint density at radius 1 is 0.820 bits per heavy atom. The lowest BCUT2D eigenvalue weighted by molar-refractivity contribution is -0.238. The minimum atomic E-state index is -4.54. The van der Waals surface area contributed by atoms with Crippen molar-refractivity contribution in [3.8, 4) is 17.0 Å². The number of rotatable bonds is 15. The van der Waals surface area contributed by atoms with Crippen molar-refractivity contribution in [2.75, 3.05) is 31.2 Å². The molecule has 5 aromatic rings. The Morgan fingerprint density at radius 3 is 2.34 bits per heavy atom. The van der Waals surface area contributed by atoms with E-state index in [0.717, 1.165) is 63.5 Å². The third-order valence-corrected chi connectivity index (χ3v) is 12.4. The smallest absolute Gasteiger partial charge is 0.415 e. The quantitative estimate of drug-likeness (QED) is 0.0887. The van der Waals surface area contributed by atoms with E-state index in [9.17, 15) is 32.3 Å². The monoisotopic (exact) mass is 838 g/mol. The number of nitrogens with zero attached hydrogens (tertiary/aromatic N) is 5. The molecule has 13 nitrogen and oxygen atoms in total. The number of piperidine rings is 1. The van der Waals surface area contributed by atoms with Gasteiger partial charge in [0.05, 0.1) is 22.7 Å². The molecule has 1 aliphatic carbocycles. The lowest BCUT2D eigenvalue weighted by Crippen LogP contribution is -2.56. The van der Waals surface area contributed by atoms with Gasteiger partial charge in [-0.1, -0.05) is 25.0 Å². The molecule has 61 heavy (non-hydrogen) atoms. The Balaban J connectivity index is 0.658. The van der Waals surface area contributed by atoms with Gasteiger partial charge in [-0.05, 0) is 61.2 Å². The Labute approximate surface area is 349 Å². The van der Waals surface area contributed by atoms with Gasteiger partial charge in [-0.2, -0.15) is 13.2 Å². The lowest BCUT2D eigenvalue weighted by Gasteiger charge is -2.45. The highest BCUT2D eigenvalue weighted by Gasteiger charge is 2.50. The van der Waals surface area contributed by atoms with Crippen molar-refractivity contribution in [1.82, 2.24) is 24.8 Å². The van der Waals surface area contributed by atoms with Crippen LogP contribution >= 0.6 is 0 Å². The summed E-state index contributed by atoms with van der Waals surface area (Å²) < 4.78 is 61.8. The molecule has 2 saturated heterocycles. The van der Waals surface area contributed by atoms with Gasteiger partial charge in [0.15, 0.2) is 6.10 Å². The maximum absolute atomic E-state index is 14.1. The highest BCUT2D eigenvalue weighted by atomic mass is 19.4. The minimum Gasteiger partial charge on any atom is -0.474 e. The van der Waals surface area contributed by atoms with Crippen LogP contribution < -0.4 is 15.0 Å². The van der Waals surface area contributed by atoms with Gasteiger partial charge >= 0.3 is 6.18 Å². The number of aromatic nitrogens is 3. The number of carbonyl (C=O) groups excluding carboxylic acids is 4. The zero-order valence-corrected chi connectivity index (χ0v) is 33.5. The van der Waals surface area contributed by atoms with E-state index in [1.807, 2.05) is 30.6 Å². The van der Waals surface area contributed by atoms with Crippen LogP contribution in [0, 0.1) is 5.92 Å². The van der Waals surface area contributed by atoms with E-state index in [0.29, 0.717) is 31.0 Å². The van der Waals surface area contributed by atoms with Crippen molar-refractivity contribution in [1.29, 1.82) is 0 Å². The number of ether oxygens (including phenoxy) is 3. The van der Waals surface area contributed by atoms with Crippen molar-refractivity contribution in [2.24, 2.45) is 13.0 Å². The van der Waals surface area contributed by atoms with Gasteiger partial charge in [0.25, 0.3) is 11.8 Å². The van der Waals surface area contributed by atoms with Crippen LogP contribution in [0.15, 0.2) is 73.2 Å². The third kappa shape index (κ3) is 8.06. The summed E-state index contributed by atoms with van der Waals surface area (Å²) in [6.07, 6.45) is 3.62. The van der Waals surface area contributed by atoms with E-state index in [1.165, 1.54) is 12.1 Å². The Kier molecular flexibility index (Phi) is 11.0. The predicted molar refractivity (Wildman–Crippen MR) is 218 cm³/mol. The first kappa shape index (κ1) is 40.5. The maximum Gasteiger partial charge on any atom is 0.415 e. The molecule has 3 aromatic heterocycles. The van der Waals surface area contributed by atoms with E-state index < -0.39 is 47.9 Å². The van der Waals surface area contributed by atoms with Crippen LogP contribution in [0.25, 0.3) is 32.9 Å². The zero-order chi connectivity index (χ0) is 42.4. The number of nitrogens with one attached hydrogen (secondary N) is 1. The molecule has 16 heteroatoms. The van der Waals surface area contributed by atoms with Gasteiger partial charge in [-0.3, -0.25) is 34.4 Å². The fourth-order valence-corrected chi connectivity index (χ4v) is 8.86. The molecular formula is C45H45F3N6O7. The summed E-state index contributed by atoms with van der Waals surface area (Å²) in [5, 5.41) is 4.44. The summed E-state index contributed by atoms with van der Waals surface area (Å²) in [4.78, 5) is 61.5. The van der Waals surface area contributed by atoms with Crippen LogP contribution in [0.1, 0.15) is 72.1 Å². The van der Waals surface area contributed by atoms with E-state index in [-0.39, 0.29) is 55.9 Å². The van der Waals surface area contributed by atoms with Crippen LogP contribution in [-0.4, -0.2) is 99.9 Å². The van der Waals surface area contributed by atoms with Crippen molar-refractivity contribution in [3.63, 3.8) is 0 Å². The summed E-state index contributed by atoms with van der Waals surface area (Å²) in [5.74, 6) is -2.70. The number of alkyl halides is 3. The van der Waals surface area contributed by atoms with Gasteiger partial charge < -0.3 is 23.7 Å². The van der Waals surface area contributed by atoms with Crippen LogP contribution in [0.2, 0.25) is 0 Å². The number of carbonyl (C=O) groups is 4. The number of aryl methyl sites for hydroxylation is 1. The molecule has 4 amide bonds. The molecule has 3 aliphatic heterocycles. The number of benzene rings is 2. The van der Waals surface area contributed by atoms with Gasteiger partial charge in [-0.25, -0.2) is 4.98 Å². The first-order valence-electron chi connectivity index (χ1n) is 20.8. The number of unbranched alkanes of at least 4 members (excludes halogenated alkanes) is 3. The van der Waals surface area contributed by atoms with E-state index in [4.69, 9.17) is 14.2 Å². The third-order valence-electron chi connectivity index (χ3n) is 12.4. The molecule has 4 aliphatic rings. The molecule has 1 saturated carbocycles. The highest BCUT2D eigenvalue weighted by Crippen LogP contribution is 2.38. The first-order chi connectivity index (χ1) is 29.4. The molecule has 1 N–H and O–H groups in total. The minimum absolute atomic E-state index is 0.00200. The van der Waals surface area contributed by atoms with Gasteiger partial charge in [0.1, 0.15) is 12.1 Å². The van der Waals surface area contributed by atoms with Gasteiger partial charge in [0, 0.05) is 111 Å². The number of halogens is 3. The van der Waals surface area contributed by atoms with Gasteiger partial charge in [-0.15, -0.1) is 0 Å². The second-order valence-corrected chi connectivity index (χ2v) is 16.4. The highest BCUT2D eigenvalue weighted by molar-refractivity contribution is 6.23. The average Bonchev–Trinajstić information content (AvgIpc) is 3.64. The van der Waals surface area contributed by atoms with Crippen LogP contribution in [-0.2, 0) is 26.1 Å². The van der Waals surface area contributed by atoms with Crippen LogP contribution in [0.3, 0.4) is 0 Å². The number of hydrogen-bond acceptors (Lipinski definition) is 10. The number of anilines is 1. The average molecular weight is 839 g/mol. The summed E-state index contributed by atoms with van der Waals surface area (Å²) in [6.45, 7) is 0.694. The van der Waals surface area contributed by atoms with Crippen molar-refractivity contribution >= 4 is 51.1 Å². The number of hydrogen-bond donors (Lipinski definition) is 1. The Hall–Kier alpha value is -5.87. The topological polar surface area (TPSA) is 145 Å². The van der Waals surface area contributed by atoms with E-state index in [1.54, 1.807) is 17.2 Å². The molecule has 0 radical (unpaired) electrons. The number of imide groups is 2. The predicted octanol–water partition coefficient (Wildman–Crippen LogP) is 6.76. The summed E-state index contributed by atoms with van der Waals surface area (Å²) >= 11 is 0. The van der Waals surface area contributed by atoms with E-state index >= 15 is 0 Å². The first-order valence-corrected chi connectivity index (χ1v) is 20.8. The second kappa shape index (κ2) is 16.5. The summed E-state index contributed by atoms with van der Waals surface area (Å²) in [5.41, 5.74) is 5.03. The molecule has 9 rings (SSSR count). The molecule has 2 aromatic carbocycles. The fourth-order valence-electron chi connectivity index (χ4n) is 8.86. The summed E-state index contributed by atoms with van der Waals surface area (Å²) in [7, 11) is 2.06. The van der Waals surface area contributed by atoms with Gasteiger partial charge in [0.2, 0.25) is 17.7 Å². The fraction of sp³-hybridized carbons (Fsp3) is 0.422. The van der Waals surface area contributed by atoms with Crippen molar-refractivity contribution < 1.29 is 46.6 Å². The molecule has 2 unspecified atom stereocenters. The Bertz CT molecular complexity index is 2500. The normalized spacial score (nSPS) is 21.1. The molecular weight excluding hydrogens is 794 g/mol. The largest absolute Gasteiger partial charge is 0.474 e. The number of amides is 4. The molecule has 0 bridgehead atoms. The van der Waals surface area contributed by atoms with Crippen molar-refractivity contribution in [3.05, 3.63) is 84.3 Å². The second-order valence-electron chi connectivity index (χ2n) is 16.4. The maximum atomic E-state index is 14.1. The van der Waals surface area contributed by atoms with Crippen LogP contribution in [0.4, 0.5) is 18.9 Å². The zero-order valence-electron chi connectivity index (χ0n) is 33.5. The number of fused-ring (bicyclic) bond motifs is 4. The molecule has 0 spiro atoms. The van der Waals surface area contributed by atoms with Crippen LogP contribution in [0.5, 0.6) is 5.88 Å². The molecule has 3 fully saturated rings.